The van der Waals surface area contributed by atoms with Crippen LogP contribution in [-0.2, 0) is 6.42 Å². The quantitative estimate of drug-likeness (QED) is 0.523. The van der Waals surface area contributed by atoms with Gasteiger partial charge in [-0.05, 0) is 48.9 Å². The van der Waals surface area contributed by atoms with E-state index in [1.807, 2.05) is 19.3 Å². The van der Waals surface area contributed by atoms with Gasteiger partial charge in [0.2, 0.25) is 0 Å². The largest absolute Gasteiger partial charge is 0.296 e. The molecule has 1 aromatic rings. The molecule has 2 nitrogen and oxygen atoms in total. The summed E-state index contributed by atoms with van der Waals surface area (Å²) in [7, 11) is 1.83. The van der Waals surface area contributed by atoms with Crippen molar-refractivity contribution in [3.8, 4) is 0 Å². The van der Waals surface area contributed by atoms with Crippen molar-refractivity contribution < 1.29 is 0 Å². The molecule has 1 atom stereocenters. The van der Waals surface area contributed by atoms with Crippen LogP contribution in [0.5, 0.6) is 0 Å². The summed E-state index contributed by atoms with van der Waals surface area (Å²) in [6.45, 7) is 8.29. The number of nitrogens with zero attached hydrogens (tertiary/aromatic N) is 2. The van der Waals surface area contributed by atoms with Crippen LogP contribution in [-0.4, -0.2) is 37.3 Å². The van der Waals surface area contributed by atoms with E-state index in [1.165, 1.54) is 42.5 Å². The van der Waals surface area contributed by atoms with Crippen molar-refractivity contribution in [2.75, 3.05) is 20.1 Å². The van der Waals surface area contributed by atoms with Gasteiger partial charge in [0, 0.05) is 25.8 Å². The molecule has 1 saturated heterocycles. The normalized spacial score (nSPS) is 20.1. The van der Waals surface area contributed by atoms with Crippen LogP contribution in [0.3, 0.4) is 0 Å². The highest BCUT2D eigenvalue weighted by atomic mass is 15.2. The molecule has 0 aromatic heterocycles. The van der Waals surface area contributed by atoms with Crippen molar-refractivity contribution in [1.82, 2.24) is 4.90 Å². The van der Waals surface area contributed by atoms with Gasteiger partial charge >= 0.3 is 0 Å². The van der Waals surface area contributed by atoms with E-state index >= 15 is 0 Å². The molecule has 2 rings (SSSR count). The molecule has 1 aromatic carbocycles. The van der Waals surface area contributed by atoms with Gasteiger partial charge in [0.1, 0.15) is 0 Å². The number of likely N-dealkylation sites (tertiary alicyclic amines) is 1. The van der Waals surface area contributed by atoms with Crippen LogP contribution in [0.4, 0.5) is 0 Å². The average Bonchev–Trinajstić information content (AvgIpc) is 2.57. The summed E-state index contributed by atoms with van der Waals surface area (Å²) in [4.78, 5) is 6.75. The van der Waals surface area contributed by atoms with Crippen LogP contribution >= 0.6 is 0 Å². The Kier molecular flexibility index (Phi) is 7.28. The van der Waals surface area contributed by atoms with E-state index in [4.69, 9.17) is 0 Å². The molecule has 1 heterocycles. The third kappa shape index (κ3) is 5.18. The highest BCUT2D eigenvalue weighted by Gasteiger charge is 2.21. The number of hydrogen-bond donors (Lipinski definition) is 0. The molecule has 0 spiro atoms. The van der Waals surface area contributed by atoms with E-state index in [0.29, 0.717) is 6.04 Å². The van der Waals surface area contributed by atoms with Crippen LogP contribution in [0, 0.1) is 0 Å². The lowest BCUT2D eigenvalue weighted by atomic mass is 9.94. The van der Waals surface area contributed by atoms with Gasteiger partial charge in [0.05, 0.1) is 0 Å². The van der Waals surface area contributed by atoms with E-state index in [1.54, 1.807) is 0 Å². The minimum absolute atomic E-state index is 0.662. The Morgan fingerprint density at radius 3 is 2.74 bits per heavy atom. The maximum absolute atomic E-state index is 4.17. The first kappa shape index (κ1) is 17.7. The standard InChI is InChI=1S/C21H30N2/c1-4-8-20(17-22-3)19-12-10-18(11-13-19)16-21-9-6-7-15-23(21)14-5-2/h5,8,10-13,17,21H,2,4,6-7,9,14-16H2,1,3H3/b20-8+,22-17?. The maximum Gasteiger partial charge on any atom is 0.0284 e. The number of hydrogen-bond acceptors (Lipinski definition) is 2. The number of benzene rings is 1. The molecule has 23 heavy (non-hydrogen) atoms. The molecule has 0 N–H and O–H groups in total. The summed E-state index contributed by atoms with van der Waals surface area (Å²) >= 11 is 0. The predicted octanol–water partition coefficient (Wildman–Crippen LogP) is 4.76. The molecular formula is C21H30N2. The van der Waals surface area contributed by atoms with Crippen molar-refractivity contribution in [2.45, 2.75) is 45.1 Å². The molecular weight excluding hydrogens is 280 g/mol. The van der Waals surface area contributed by atoms with E-state index in [-0.39, 0.29) is 0 Å². The van der Waals surface area contributed by atoms with Crippen LogP contribution < -0.4 is 0 Å². The van der Waals surface area contributed by atoms with Gasteiger partial charge in [-0.1, -0.05) is 49.8 Å². The van der Waals surface area contributed by atoms with E-state index in [9.17, 15) is 0 Å². The minimum atomic E-state index is 0.662. The van der Waals surface area contributed by atoms with Crippen LogP contribution in [0.15, 0.2) is 48.0 Å². The minimum Gasteiger partial charge on any atom is -0.296 e. The van der Waals surface area contributed by atoms with Gasteiger partial charge in [-0.15, -0.1) is 6.58 Å². The average molecular weight is 310 g/mol. The Bertz CT molecular complexity index is 539. The molecule has 1 unspecified atom stereocenters. The molecule has 1 aliphatic heterocycles. The SMILES string of the molecule is C=CCN1CCCCC1Cc1ccc(/C(C=NC)=C/CC)cc1. The lowest BCUT2D eigenvalue weighted by molar-refractivity contribution is 0.164. The lowest BCUT2D eigenvalue weighted by Crippen LogP contribution is -2.40. The Hall–Kier alpha value is -1.67. The number of aliphatic imine (C=N–C) groups is 1. The highest BCUT2D eigenvalue weighted by molar-refractivity contribution is 6.09. The fraction of sp³-hybridized carbons (Fsp3) is 0.476. The van der Waals surface area contributed by atoms with Gasteiger partial charge in [0.25, 0.3) is 0 Å². The van der Waals surface area contributed by atoms with Gasteiger partial charge < -0.3 is 0 Å². The number of rotatable bonds is 7. The predicted molar refractivity (Wildman–Crippen MR) is 102 cm³/mol. The molecule has 0 aliphatic carbocycles. The van der Waals surface area contributed by atoms with Gasteiger partial charge in [-0.2, -0.15) is 0 Å². The monoisotopic (exact) mass is 310 g/mol. The van der Waals surface area contributed by atoms with E-state index in [0.717, 1.165) is 19.4 Å². The highest BCUT2D eigenvalue weighted by Crippen LogP contribution is 2.22. The third-order valence-corrected chi connectivity index (χ3v) is 4.56. The maximum atomic E-state index is 4.17. The second-order valence-electron chi connectivity index (χ2n) is 6.29. The Balaban J connectivity index is 2.06. The van der Waals surface area contributed by atoms with Crippen LogP contribution in [0.25, 0.3) is 5.57 Å². The van der Waals surface area contributed by atoms with Crippen molar-refractivity contribution in [3.05, 3.63) is 54.1 Å². The van der Waals surface area contributed by atoms with E-state index in [2.05, 4.69) is 53.7 Å². The Morgan fingerprint density at radius 1 is 1.30 bits per heavy atom. The zero-order chi connectivity index (χ0) is 16.5. The second kappa shape index (κ2) is 9.46. The summed E-state index contributed by atoms with van der Waals surface area (Å²) in [6.07, 6.45) is 12.4. The summed E-state index contributed by atoms with van der Waals surface area (Å²) in [5.74, 6) is 0. The third-order valence-electron chi connectivity index (χ3n) is 4.56. The Morgan fingerprint density at radius 2 is 2.09 bits per heavy atom. The first-order valence-corrected chi connectivity index (χ1v) is 8.85. The second-order valence-corrected chi connectivity index (χ2v) is 6.29. The van der Waals surface area contributed by atoms with Crippen molar-refractivity contribution in [2.24, 2.45) is 4.99 Å². The first-order valence-electron chi connectivity index (χ1n) is 8.85. The van der Waals surface area contributed by atoms with Gasteiger partial charge in [-0.25, -0.2) is 0 Å². The lowest BCUT2D eigenvalue weighted by Gasteiger charge is -2.35. The molecule has 2 heteroatoms. The molecule has 0 bridgehead atoms. The van der Waals surface area contributed by atoms with Gasteiger partial charge in [-0.3, -0.25) is 9.89 Å². The molecule has 0 radical (unpaired) electrons. The fourth-order valence-electron chi connectivity index (χ4n) is 3.41. The molecule has 1 fully saturated rings. The van der Waals surface area contributed by atoms with Crippen molar-refractivity contribution in [3.63, 3.8) is 0 Å². The molecule has 1 aliphatic rings. The Labute approximate surface area is 141 Å². The summed E-state index contributed by atoms with van der Waals surface area (Å²) in [6, 6.07) is 9.69. The summed E-state index contributed by atoms with van der Waals surface area (Å²) in [5, 5.41) is 0. The van der Waals surface area contributed by atoms with Crippen LogP contribution in [0.2, 0.25) is 0 Å². The molecule has 124 valence electrons. The zero-order valence-electron chi connectivity index (χ0n) is 14.7. The smallest absolute Gasteiger partial charge is 0.0284 e. The van der Waals surface area contributed by atoms with E-state index < -0.39 is 0 Å². The topological polar surface area (TPSA) is 15.6 Å². The first-order chi connectivity index (χ1) is 11.3. The molecule has 0 amide bonds. The fourth-order valence-corrected chi connectivity index (χ4v) is 3.41. The van der Waals surface area contributed by atoms with Crippen molar-refractivity contribution >= 4 is 11.8 Å². The zero-order valence-corrected chi connectivity index (χ0v) is 14.7. The summed E-state index contributed by atoms with van der Waals surface area (Å²) in [5.41, 5.74) is 3.90. The molecule has 0 saturated carbocycles. The summed E-state index contributed by atoms with van der Waals surface area (Å²) < 4.78 is 0. The van der Waals surface area contributed by atoms with Crippen LogP contribution in [0.1, 0.15) is 43.7 Å². The number of piperidine rings is 1. The van der Waals surface area contributed by atoms with Gasteiger partial charge in [0.15, 0.2) is 0 Å². The van der Waals surface area contributed by atoms with Crippen molar-refractivity contribution in [1.29, 1.82) is 0 Å². The number of allylic oxidation sites excluding steroid dienone is 2.